The Hall–Kier alpha value is -2.44. The van der Waals surface area contributed by atoms with Crippen molar-refractivity contribution in [2.75, 3.05) is 0 Å². The zero-order valence-corrected chi connectivity index (χ0v) is 9.67. The first kappa shape index (κ1) is 11.6. The fraction of sp³-hybridized carbons (Fsp3) is 0.250. The molecule has 1 fully saturated rings. The molecule has 19 heavy (non-hydrogen) atoms. The van der Waals surface area contributed by atoms with Crippen LogP contribution in [-0.4, -0.2) is 20.8 Å². The number of aromatic nitrogens is 2. The van der Waals surface area contributed by atoms with Crippen LogP contribution in [0.25, 0.3) is 11.0 Å². The van der Waals surface area contributed by atoms with Crippen LogP contribution in [0.2, 0.25) is 0 Å². The molecule has 1 aliphatic carbocycles. The van der Waals surface area contributed by atoms with Gasteiger partial charge in [-0.15, -0.1) is 0 Å². The van der Waals surface area contributed by atoms with Gasteiger partial charge in [0.05, 0.1) is 17.8 Å². The number of fused-ring (bicyclic) bond motifs is 1. The molecule has 3 rings (SSSR count). The van der Waals surface area contributed by atoms with Gasteiger partial charge in [0, 0.05) is 6.04 Å². The monoisotopic (exact) mass is 264 g/mol. The number of hydrogen-bond donors (Lipinski definition) is 1. The van der Waals surface area contributed by atoms with Crippen molar-refractivity contribution in [3.63, 3.8) is 0 Å². The zero-order chi connectivity index (χ0) is 13.6. The molecule has 0 spiro atoms. The first-order chi connectivity index (χ1) is 9.06. The Bertz CT molecular complexity index is 736. The van der Waals surface area contributed by atoms with Crippen molar-refractivity contribution in [1.29, 1.82) is 0 Å². The quantitative estimate of drug-likeness (QED) is 0.838. The number of hydrogen-bond acceptors (Lipinski definition) is 4. The number of nitrogens with zero attached hydrogens (tertiary/aromatic N) is 2. The van der Waals surface area contributed by atoms with E-state index in [-0.39, 0.29) is 17.2 Å². The molecule has 0 bridgehead atoms. The molecule has 2 aromatic heterocycles. The summed E-state index contributed by atoms with van der Waals surface area (Å²) in [6, 6.07) is 1.19. The van der Waals surface area contributed by atoms with Crippen LogP contribution in [0.5, 0.6) is 5.75 Å². The maximum absolute atomic E-state index is 13.2. The maximum Gasteiger partial charge on any atom is 0.511 e. The van der Waals surface area contributed by atoms with Crippen molar-refractivity contribution in [1.82, 2.24) is 9.55 Å². The minimum atomic E-state index is -1.58. The number of ether oxygens (including phenoxy) is 1. The Labute approximate surface area is 106 Å². The number of carbonyl (C=O) groups is 1. The van der Waals surface area contributed by atoms with Gasteiger partial charge in [0.2, 0.25) is 5.43 Å². The van der Waals surface area contributed by atoms with Gasteiger partial charge in [-0.3, -0.25) is 4.79 Å². The van der Waals surface area contributed by atoms with E-state index in [4.69, 9.17) is 5.11 Å². The van der Waals surface area contributed by atoms with E-state index in [9.17, 15) is 14.0 Å². The van der Waals surface area contributed by atoms with Gasteiger partial charge >= 0.3 is 6.16 Å². The third-order valence-corrected chi connectivity index (χ3v) is 2.94. The second-order valence-electron chi connectivity index (χ2n) is 4.35. The standard InChI is InChI=1S/C12H9FN2O4/c13-6-3-8-10(16)9(19-12(17)18)5-15(7-1-2-7)11(8)14-4-6/h3-5,7H,1-2H2,(H,17,18). The van der Waals surface area contributed by atoms with Crippen molar-refractivity contribution in [3.8, 4) is 5.75 Å². The Morgan fingerprint density at radius 3 is 2.89 bits per heavy atom. The number of halogens is 1. The lowest BCUT2D eigenvalue weighted by atomic mass is 10.2. The summed E-state index contributed by atoms with van der Waals surface area (Å²) in [5.74, 6) is -0.987. The molecule has 2 heterocycles. The van der Waals surface area contributed by atoms with E-state index in [0.29, 0.717) is 5.65 Å². The SMILES string of the molecule is O=C(O)Oc1cn(C2CC2)c2ncc(F)cc2c1=O. The van der Waals surface area contributed by atoms with E-state index in [1.807, 2.05) is 0 Å². The van der Waals surface area contributed by atoms with Gasteiger partial charge in [-0.05, 0) is 18.9 Å². The topological polar surface area (TPSA) is 81.4 Å². The average Bonchev–Trinajstić information content (AvgIpc) is 3.16. The van der Waals surface area contributed by atoms with Gasteiger partial charge in [0.25, 0.3) is 0 Å². The van der Waals surface area contributed by atoms with E-state index in [1.54, 1.807) is 4.57 Å². The van der Waals surface area contributed by atoms with E-state index < -0.39 is 17.4 Å². The normalized spacial score (nSPS) is 14.6. The van der Waals surface area contributed by atoms with Crippen LogP contribution in [0.15, 0.2) is 23.3 Å². The Balaban J connectivity index is 2.30. The van der Waals surface area contributed by atoms with E-state index in [2.05, 4.69) is 9.72 Å². The molecule has 0 unspecified atom stereocenters. The van der Waals surface area contributed by atoms with Gasteiger partial charge in [0.1, 0.15) is 11.5 Å². The maximum atomic E-state index is 13.2. The third-order valence-electron chi connectivity index (χ3n) is 2.94. The molecule has 1 aliphatic rings. The number of pyridine rings is 2. The van der Waals surface area contributed by atoms with Crippen molar-refractivity contribution in [2.45, 2.75) is 18.9 Å². The van der Waals surface area contributed by atoms with Gasteiger partial charge in [0.15, 0.2) is 5.75 Å². The summed E-state index contributed by atoms with van der Waals surface area (Å²) in [6.45, 7) is 0. The molecule has 6 nitrogen and oxygen atoms in total. The van der Waals surface area contributed by atoms with Gasteiger partial charge in [-0.2, -0.15) is 0 Å². The fourth-order valence-electron chi connectivity index (χ4n) is 1.98. The highest BCUT2D eigenvalue weighted by Crippen LogP contribution is 2.37. The molecule has 1 N–H and O–H groups in total. The smallest absolute Gasteiger partial charge is 0.449 e. The van der Waals surface area contributed by atoms with Crippen molar-refractivity contribution < 1.29 is 19.0 Å². The van der Waals surface area contributed by atoms with Crippen LogP contribution in [-0.2, 0) is 0 Å². The van der Waals surface area contributed by atoms with Gasteiger partial charge < -0.3 is 14.4 Å². The molecule has 0 radical (unpaired) electrons. The molecule has 0 amide bonds. The van der Waals surface area contributed by atoms with E-state index >= 15 is 0 Å². The highest BCUT2D eigenvalue weighted by molar-refractivity contribution is 5.77. The Morgan fingerprint density at radius 1 is 1.53 bits per heavy atom. The molecule has 98 valence electrons. The summed E-state index contributed by atoms with van der Waals surface area (Å²) in [5, 5.41) is 8.62. The van der Waals surface area contributed by atoms with Crippen LogP contribution < -0.4 is 10.2 Å². The molecule has 7 heteroatoms. The van der Waals surface area contributed by atoms with Crippen LogP contribution in [0.1, 0.15) is 18.9 Å². The lowest BCUT2D eigenvalue weighted by Gasteiger charge is -2.10. The minimum Gasteiger partial charge on any atom is -0.449 e. The summed E-state index contributed by atoms with van der Waals surface area (Å²) in [6.07, 6.45) is 2.58. The highest BCUT2D eigenvalue weighted by Gasteiger charge is 2.27. The van der Waals surface area contributed by atoms with Crippen molar-refractivity contribution in [3.05, 3.63) is 34.5 Å². The molecule has 0 atom stereocenters. The Morgan fingerprint density at radius 2 is 2.26 bits per heavy atom. The van der Waals surface area contributed by atoms with E-state index in [1.165, 1.54) is 6.20 Å². The first-order valence-corrected chi connectivity index (χ1v) is 5.67. The van der Waals surface area contributed by atoms with Crippen molar-refractivity contribution >= 4 is 17.2 Å². The lowest BCUT2D eigenvalue weighted by molar-refractivity contribution is 0.143. The van der Waals surface area contributed by atoms with Crippen LogP contribution in [0, 0.1) is 5.82 Å². The van der Waals surface area contributed by atoms with Crippen molar-refractivity contribution in [2.24, 2.45) is 0 Å². The third kappa shape index (κ3) is 2.03. The molecule has 0 saturated heterocycles. The predicted octanol–water partition coefficient (Wildman–Crippen LogP) is 1.93. The number of rotatable bonds is 2. The first-order valence-electron chi connectivity index (χ1n) is 5.67. The summed E-state index contributed by atoms with van der Waals surface area (Å²) in [7, 11) is 0. The summed E-state index contributed by atoms with van der Waals surface area (Å²) >= 11 is 0. The molecule has 2 aromatic rings. The van der Waals surface area contributed by atoms with Crippen LogP contribution >= 0.6 is 0 Å². The average molecular weight is 264 g/mol. The second kappa shape index (κ2) is 4.04. The number of carboxylic acid groups (broad SMARTS) is 1. The molecule has 0 aliphatic heterocycles. The minimum absolute atomic E-state index is 0.0191. The van der Waals surface area contributed by atoms with E-state index in [0.717, 1.165) is 25.1 Å². The fourth-order valence-corrected chi connectivity index (χ4v) is 1.98. The van der Waals surface area contributed by atoms with Crippen LogP contribution in [0.4, 0.5) is 9.18 Å². The summed E-state index contributed by atoms with van der Waals surface area (Å²) < 4.78 is 19.3. The Kier molecular flexibility index (Phi) is 2.48. The summed E-state index contributed by atoms with van der Waals surface area (Å²) in [5.41, 5.74) is -0.340. The van der Waals surface area contributed by atoms with Gasteiger partial charge in [-0.25, -0.2) is 14.2 Å². The predicted molar refractivity (Wildman–Crippen MR) is 62.9 cm³/mol. The van der Waals surface area contributed by atoms with Crippen LogP contribution in [0.3, 0.4) is 0 Å². The highest BCUT2D eigenvalue weighted by atomic mass is 19.1. The molecular formula is C12H9FN2O4. The lowest BCUT2D eigenvalue weighted by Crippen LogP contribution is -2.16. The second-order valence-corrected chi connectivity index (χ2v) is 4.35. The molecule has 1 saturated carbocycles. The largest absolute Gasteiger partial charge is 0.511 e. The zero-order valence-electron chi connectivity index (χ0n) is 9.67. The van der Waals surface area contributed by atoms with Gasteiger partial charge in [-0.1, -0.05) is 0 Å². The molecule has 0 aromatic carbocycles. The summed E-state index contributed by atoms with van der Waals surface area (Å²) in [4.78, 5) is 26.5. The molecular weight excluding hydrogens is 255 g/mol.